The van der Waals surface area contributed by atoms with Crippen molar-refractivity contribution >= 4 is 17.0 Å². The van der Waals surface area contributed by atoms with E-state index in [0.717, 1.165) is 11.1 Å². The molecule has 1 unspecified atom stereocenters. The Labute approximate surface area is 121 Å². The third-order valence-electron chi connectivity index (χ3n) is 3.23. The quantitative estimate of drug-likeness (QED) is 0.772. The van der Waals surface area contributed by atoms with Crippen LogP contribution in [0.4, 0.5) is 4.79 Å². The highest BCUT2D eigenvalue weighted by Crippen LogP contribution is 2.31. The van der Waals surface area contributed by atoms with E-state index < -0.39 is 33.9 Å². The van der Waals surface area contributed by atoms with Crippen molar-refractivity contribution in [2.45, 2.75) is 44.1 Å². The molecule has 110 valence electrons. The van der Waals surface area contributed by atoms with Gasteiger partial charge in [-0.15, -0.1) is 0 Å². The zero-order chi connectivity index (χ0) is 14.9. The van der Waals surface area contributed by atoms with Crippen LogP contribution < -0.4 is 10.0 Å². The zero-order valence-corrected chi connectivity index (χ0v) is 12.7. The molecule has 1 aromatic rings. The van der Waals surface area contributed by atoms with Gasteiger partial charge >= 0.3 is 6.03 Å². The van der Waals surface area contributed by atoms with Gasteiger partial charge in [0.25, 0.3) is 0 Å². The van der Waals surface area contributed by atoms with Crippen LogP contribution in [0.2, 0.25) is 0 Å². The number of aliphatic hydroxyl groups excluding tert-OH is 1. The highest BCUT2D eigenvalue weighted by atomic mass is 32.2. The molecule has 1 aromatic carbocycles. The maximum Gasteiger partial charge on any atom is 0.327 e. The average molecular weight is 296 g/mol. The van der Waals surface area contributed by atoms with Gasteiger partial charge in [0.2, 0.25) is 0 Å². The second-order valence-corrected chi connectivity index (χ2v) is 7.87. The Morgan fingerprint density at radius 3 is 2.65 bits per heavy atom. The summed E-state index contributed by atoms with van der Waals surface area (Å²) in [7, 11) is -1.48. The van der Waals surface area contributed by atoms with Gasteiger partial charge in [-0.2, -0.15) is 0 Å². The largest absolute Gasteiger partial charge is 0.390 e. The molecule has 1 aliphatic carbocycles. The molecule has 0 spiro atoms. The van der Waals surface area contributed by atoms with Gasteiger partial charge in [0.05, 0.1) is 16.9 Å². The molecule has 1 aliphatic rings. The van der Waals surface area contributed by atoms with Crippen molar-refractivity contribution in [1.29, 1.82) is 0 Å². The molecule has 5 nitrogen and oxygen atoms in total. The van der Waals surface area contributed by atoms with Gasteiger partial charge in [-0.25, -0.2) is 9.00 Å². The molecule has 2 rings (SSSR count). The Morgan fingerprint density at radius 2 is 2.00 bits per heavy atom. The van der Waals surface area contributed by atoms with Gasteiger partial charge in [0.15, 0.2) is 0 Å². The van der Waals surface area contributed by atoms with Crippen molar-refractivity contribution in [2.75, 3.05) is 0 Å². The lowest BCUT2D eigenvalue weighted by atomic mass is 10.1. The lowest BCUT2D eigenvalue weighted by molar-refractivity contribution is 0.143. The third-order valence-corrected chi connectivity index (χ3v) is 4.72. The fourth-order valence-corrected chi connectivity index (χ4v) is 2.69. The monoisotopic (exact) mass is 296 g/mol. The number of urea groups is 1. The number of hydrogen-bond donors (Lipinski definition) is 3. The van der Waals surface area contributed by atoms with Crippen LogP contribution in [-0.2, 0) is 17.4 Å². The lowest BCUT2D eigenvalue weighted by Crippen LogP contribution is -2.45. The van der Waals surface area contributed by atoms with E-state index in [0.29, 0.717) is 6.42 Å². The fraction of sp³-hybridized carbons (Fsp3) is 0.500. The molecule has 0 radical (unpaired) electrons. The van der Waals surface area contributed by atoms with Crippen molar-refractivity contribution in [3.05, 3.63) is 35.4 Å². The molecular formula is C14H20N2O3S. The van der Waals surface area contributed by atoms with E-state index in [1.807, 2.05) is 24.3 Å². The number of nitrogens with one attached hydrogen (secondary N) is 2. The van der Waals surface area contributed by atoms with Crippen LogP contribution in [0.15, 0.2) is 24.3 Å². The van der Waals surface area contributed by atoms with Gasteiger partial charge in [0.1, 0.15) is 11.0 Å². The minimum absolute atomic E-state index is 0.455. The minimum Gasteiger partial charge on any atom is -0.390 e. The summed E-state index contributed by atoms with van der Waals surface area (Å²) in [5.74, 6) is 0. The number of hydrogen-bond acceptors (Lipinski definition) is 3. The Bertz CT molecular complexity index is 539. The van der Waals surface area contributed by atoms with Crippen LogP contribution in [0.1, 0.15) is 37.9 Å². The van der Waals surface area contributed by atoms with E-state index in [-0.39, 0.29) is 0 Å². The molecule has 2 amide bonds. The normalized spacial score (nSPS) is 23.0. The Balaban J connectivity index is 2.04. The molecule has 3 N–H and O–H groups in total. The molecule has 0 aliphatic heterocycles. The smallest absolute Gasteiger partial charge is 0.327 e. The molecule has 0 saturated heterocycles. The number of aliphatic hydroxyl groups is 1. The van der Waals surface area contributed by atoms with Crippen LogP contribution in [0.3, 0.4) is 0 Å². The number of carbonyl (C=O) groups is 1. The Kier molecular flexibility index (Phi) is 4.15. The van der Waals surface area contributed by atoms with Gasteiger partial charge in [-0.05, 0) is 31.9 Å². The topological polar surface area (TPSA) is 78.4 Å². The summed E-state index contributed by atoms with van der Waals surface area (Å²) in [4.78, 5) is 11.9. The predicted octanol–water partition coefficient (Wildman–Crippen LogP) is 1.41. The van der Waals surface area contributed by atoms with Crippen LogP contribution >= 0.6 is 0 Å². The first-order valence-electron chi connectivity index (χ1n) is 6.54. The summed E-state index contributed by atoms with van der Waals surface area (Å²) in [5, 5.41) is 12.7. The molecule has 0 fully saturated rings. The summed E-state index contributed by atoms with van der Waals surface area (Å²) >= 11 is 0. The van der Waals surface area contributed by atoms with Crippen molar-refractivity contribution in [3.8, 4) is 0 Å². The molecule has 0 saturated carbocycles. The lowest BCUT2D eigenvalue weighted by Gasteiger charge is -2.21. The van der Waals surface area contributed by atoms with E-state index in [1.54, 1.807) is 20.8 Å². The van der Waals surface area contributed by atoms with Gasteiger partial charge in [-0.3, -0.25) is 4.72 Å². The predicted molar refractivity (Wildman–Crippen MR) is 78.5 cm³/mol. The molecule has 20 heavy (non-hydrogen) atoms. The molecule has 0 heterocycles. The second-order valence-electron chi connectivity index (χ2n) is 5.90. The summed E-state index contributed by atoms with van der Waals surface area (Å²) in [5.41, 5.74) is 1.94. The molecule has 0 aromatic heterocycles. The Hall–Kier alpha value is -1.40. The van der Waals surface area contributed by atoms with Gasteiger partial charge in [0, 0.05) is 6.42 Å². The number of fused-ring (bicyclic) bond motifs is 1. The van der Waals surface area contributed by atoms with Crippen molar-refractivity contribution in [2.24, 2.45) is 0 Å². The van der Waals surface area contributed by atoms with Crippen LogP contribution in [-0.4, -0.2) is 26.2 Å². The average Bonchev–Trinajstić information content (AvgIpc) is 2.65. The first-order valence-corrected chi connectivity index (χ1v) is 7.69. The SMILES string of the molecule is CC(C)(C)S(=O)NC(=O)N[C@H]1c2ccccc2C[C@H]1O. The summed E-state index contributed by atoms with van der Waals surface area (Å²) in [6.45, 7) is 5.34. The standard InChI is InChI=1S/C14H20N2O3S/c1-14(2,3)20(19)16-13(18)15-12-10-7-5-4-6-9(10)8-11(12)17/h4-7,11-12,17H,8H2,1-3H3,(H2,15,16,18)/t11-,12+,20?/m1/s1. The molecule has 3 atom stereocenters. The van der Waals surface area contributed by atoms with Gasteiger partial charge in [-0.1, -0.05) is 24.3 Å². The number of amides is 2. The maximum atomic E-state index is 11.9. The van der Waals surface area contributed by atoms with E-state index in [1.165, 1.54) is 0 Å². The van der Waals surface area contributed by atoms with Crippen LogP contribution in [0.5, 0.6) is 0 Å². The van der Waals surface area contributed by atoms with E-state index in [2.05, 4.69) is 10.0 Å². The third kappa shape index (κ3) is 3.19. The fourth-order valence-electron chi connectivity index (χ4n) is 2.16. The van der Waals surface area contributed by atoms with Crippen molar-refractivity contribution < 1.29 is 14.1 Å². The van der Waals surface area contributed by atoms with Crippen LogP contribution in [0, 0.1) is 0 Å². The second kappa shape index (κ2) is 5.54. The van der Waals surface area contributed by atoms with Crippen molar-refractivity contribution in [1.82, 2.24) is 10.0 Å². The van der Waals surface area contributed by atoms with Crippen molar-refractivity contribution in [3.63, 3.8) is 0 Å². The number of benzene rings is 1. The van der Waals surface area contributed by atoms with Gasteiger partial charge < -0.3 is 10.4 Å². The number of carbonyl (C=O) groups excluding carboxylic acids is 1. The van der Waals surface area contributed by atoms with E-state index >= 15 is 0 Å². The summed E-state index contributed by atoms with van der Waals surface area (Å²) < 4.78 is 13.7. The van der Waals surface area contributed by atoms with E-state index in [9.17, 15) is 14.1 Å². The molecule has 0 bridgehead atoms. The summed E-state index contributed by atoms with van der Waals surface area (Å²) in [6, 6.07) is 6.62. The molecule has 6 heteroatoms. The minimum atomic E-state index is -1.48. The highest BCUT2D eigenvalue weighted by Gasteiger charge is 2.32. The first-order chi connectivity index (χ1) is 9.29. The highest BCUT2D eigenvalue weighted by molar-refractivity contribution is 7.85. The number of rotatable bonds is 2. The summed E-state index contributed by atoms with van der Waals surface area (Å²) in [6.07, 6.45) is -0.134. The zero-order valence-electron chi connectivity index (χ0n) is 11.8. The maximum absolute atomic E-state index is 11.9. The van der Waals surface area contributed by atoms with Crippen LogP contribution in [0.25, 0.3) is 0 Å². The van der Waals surface area contributed by atoms with E-state index in [4.69, 9.17) is 0 Å². The first kappa shape index (κ1) is 15.0. The Morgan fingerprint density at radius 1 is 1.35 bits per heavy atom. The molecular weight excluding hydrogens is 276 g/mol.